The Balaban J connectivity index is 1.30. The number of thioether (sulfide) groups is 1. The van der Waals surface area contributed by atoms with Gasteiger partial charge in [0.15, 0.2) is 23.3 Å². The van der Waals surface area contributed by atoms with E-state index in [1.54, 1.807) is 34.9 Å². The molecule has 0 saturated carbocycles. The van der Waals surface area contributed by atoms with Crippen LogP contribution in [0.5, 0.6) is 11.5 Å². The Bertz CT molecular complexity index is 1290. The van der Waals surface area contributed by atoms with Crippen molar-refractivity contribution in [1.82, 2.24) is 14.9 Å². The van der Waals surface area contributed by atoms with E-state index in [1.165, 1.54) is 0 Å². The maximum atomic E-state index is 13.0. The van der Waals surface area contributed by atoms with Crippen LogP contribution in [-0.4, -0.2) is 40.6 Å². The molecule has 0 spiro atoms. The molecule has 0 saturated heterocycles. The predicted octanol–water partition coefficient (Wildman–Crippen LogP) is 3.12. The molecular weight excluding hydrogens is 470 g/mol. The lowest BCUT2D eigenvalue weighted by Crippen LogP contribution is -2.29. The molecule has 2 heterocycles. The number of fused-ring (bicyclic) bond motifs is 2. The van der Waals surface area contributed by atoms with Crippen molar-refractivity contribution in [3.05, 3.63) is 58.4 Å². The monoisotopic (exact) mass is 497 g/mol. The summed E-state index contributed by atoms with van der Waals surface area (Å²) >= 11 is 1.13. The van der Waals surface area contributed by atoms with Crippen molar-refractivity contribution in [3.63, 3.8) is 0 Å². The van der Waals surface area contributed by atoms with Crippen LogP contribution < -0.4 is 20.3 Å². The van der Waals surface area contributed by atoms with Gasteiger partial charge in [-0.15, -0.1) is 0 Å². The Morgan fingerprint density at radius 1 is 1.17 bits per heavy atom. The highest BCUT2D eigenvalue weighted by Gasteiger charge is 2.16. The van der Waals surface area contributed by atoms with Gasteiger partial charge in [0.05, 0.1) is 16.7 Å². The first kappa shape index (κ1) is 24.6. The summed E-state index contributed by atoms with van der Waals surface area (Å²) in [7, 11) is 0. The number of amides is 1. The van der Waals surface area contributed by atoms with Crippen molar-refractivity contribution in [2.24, 2.45) is 5.92 Å². The van der Waals surface area contributed by atoms with Crippen LogP contribution in [0, 0.1) is 5.92 Å². The van der Waals surface area contributed by atoms with Crippen molar-refractivity contribution in [2.45, 2.75) is 38.5 Å². The zero-order chi connectivity index (χ0) is 24.8. The third-order valence-electron chi connectivity index (χ3n) is 5.37. The molecule has 0 bridgehead atoms. The fourth-order valence-electron chi connectivity index (χ4n) is 3.46. The lowest BCUT2D eigenvalue weighted by molar-refractivity contribution is -0.145. The molecule has 0 radical (unpaired) electrons. The number of ether oxygens (including phenoxy) is 3. The minimum Gasteiger partial charge on any atom is -0.455 e. The second-order valence-corrected chi connectivity index (χ2v) is 9.41. The summed E-state index contributed by atoms with van der Waals surface area (Å²) in [5, 5.41) is 3.71. The van der Waals surface area contributed by atoms with Crippen LogP contribution >= 0.6 is 11.8 Å². The van der Waals surface area contributed by atoms with Crippen LogP contribution in [0.2, 0.25) is 0 Å². The number of carbonyl (C=O) groups is 2. The lowest BCUT2D eigenvalue weighted by atomic mass is 10.1. The highest BCUT2D eigenvalue weighted by atomic mass is 32.2. The van der Waals surface area contributed by atoms with E-state index in [0.29, 0.717) is 40.0 Å². The van der Waals surface area contributed by atoms with E-state index in [-0.39, 0.29) is 24.6 Å². The fraction of sp³-hybridized carbons (Fsp3) is 0.360. The van der Waals surface area contributed by atoms with E-state index in [2.05, 4.69) is 24.1 Å². The molecule has 2 aromatic carbocycles. The average molecular weight is 498 g/mol. The summed E-state index contributed by atoms with van der Waals surface area (Å²) in [6.45, 7) is 4.73. The van der Waals surface area contributed by atoms with Gasteiger partial charge in [0.1, 0.15) is 0 Å². The van der Waals surface area contributed by atoms with Gasteiger partial charge < -0.3 is 19.5 Å². The van der Waals surface area contributed by atoms with Gasteiger partial charge in [0.2, 0.25) is 6.79 Å². The maximum absolute atomic E-state index is 13.0. The van der Waals surface area contributed by atoms with Crippen molar-refractivity contribution >= 4 is 34.5 Å². The van der Waals surface area contributed by atoms with Crippen LogP contribution in [-0.2, 0) is 27.4 Å². The molecule has 184 valence electrons. The smallest absolute Gasteiger partial charge is 0.316 e. The number of para-hydroxylation sites is 1. The van der Waals surface area contributed by atoms with Crippen molar-refractivity contribution in [2.75, 3.05) is 19.2 Å². The lowest BCUT2D eigenvalue weighted by Gasteiger charge is -2.14. The Labute approximate surface area is 206 Å². The summed E-state index contributed by atoms with van der Waals surface area (Å²) in [5.74, 6) is 0.663. The number of benzene rings is 2. The van der Waals surface area contributed by atoms with E-state index >= 15 is 0 Å². The van der Waals surface area contributed by atoms with Gasteiger partial charge in [-0.3, -0.25) is 19.0 Å². The second-order valence-electron chi connectivity index (χ2n) is 8.46. The van der Waals surface area contributed by atoms with Crippen LogP contribution in [0.4, 0.5) is 0 Å². The molecule has 1 aliphatic rings. The SMILES string of the molecule is CC(C)CCn1c(SCC(=O)OCC(=O)NCc2ccc3c(c2)OCO3)nc2ccccc2c1=O. The summed E-state index contributed by atoms with van der Waals surface area (Å²) in [6, 6.07) is 12.5. The van der Waals surface area contributed by atoms with Gasteiger partial charge in [-0.05, 0) is 42.2 Å². The second kappa shape index (κ2) is 11.3. The van der Waals surface area contributed by atoms with Gasteiger partial charge in [0, 0.05) is 13.1 Å². The Morgan fingerprint density at radius 3 is 2.80 bits per heavy atom. The van der Waals surface area contributed by atoms with Crippen LogP contribution in [0.15, 0.2) is 52.4 Å². The normalized spacial score (nSPS) is 12.2. The third kappa shape index (κ3) is 6.33. The molecule has 3 aromatic rings. The molecule has 10 heteroatoms. The average Bonchev–Trinajstić information content (AvgIpc) is 3.32. The largest absolute Gasteiger partial charge is 0.455 e. The number of rotatable bonds is 10. The predicted molar refractivity (Wildman–Crippen MR) is 132 cm³/mol. The minimum atomic E-state index is -0.564. The van der Waals surface area contributed by atoms with Crippen LogP contribution in [0.1, 0.15) is 25.8 Å². The van der Waals surface area contributed by atoms with E-state index in [4.69, 9.17) is 14.2 Å². The molecule has 35 heavy (non-hydrogen) atoms. The van der Waals surface area contributed by atoms with Crippen molar-refractivity contribution in [3.8, 4) is 11.5 Å². The Morgan fingerprint density at radius 2 is 1.97 bits per heavy atom. The third-order valence-corrected chi connectivity index (χ3v) is 6.32. The molecule has 0 atom stereocenters. The molecule has 0 aliphatic carbocycles. The number of nitrogens with one attached hydrogen (secondary N) is 1. The molecule has 9 nitrogen and oxygen atoms in total. The van der Waals surface area contributed by atoms with Crippen molar-refractivity contribution < 1.29 is 23.8 Å². The number of hydrogen-bond donors (Lipinski definition) is 1. The summed E-state index contributed by atoms with van der Waals surface area (Å²) in [6.07, 6.45) is 0.807. The Kier molecular flexibility index (Phi) is 7.91. The summed E-state index contributed by atoms with van der Waals surface area (Å²) in [4.78, 5) is 42.0. The molecule has 0 unspecified atom stereocenters. The van der Waals surface area contributed by atoms with Gasteiger partial charge in [-0.25, -0.2) is 4.98 Å². The van der Waals surface area contributed by atoms with Gasteiger partial charge in [-0.1, -0.05) is 43.8 Å². The van der Waals surface area contributed by atoms with Gasteiger partial charge in [-0.2, -0.15) is 0 Å². The highest BCUT2D eigenvalue weighted by molar-refractivity contribution is 7.99. The van der Waals surface area contributed by atoms with Crippen LogP contribution in [0.25, 0.3) is 10.9 Å². The highest BCUT2D eigenvalue weighted by Crippen LogP contribution is 2.32. The molecule has 1 N–H and O–H groups in total. The number of hydrogen-bond acceptors (Lipinski definition) is 8. The summed E-state index contributed by atoms with van der Waals surface area (Å²) < 4.78 is 17.3. The molecule has 1 aromatic heterocycles. The van der Waals surface area contributed by atoms with Crippen LogP contribution in [0.3, 0.4) is 0 Å². The van der Waals surface area contributed by atoms with E-state index in [0.717, 1.165) is 23.7 Å². The van der Waals surface area contributed by atoms with Crippen molar-refractivity contribution in [1.29, 1.82) is 0 Å². The molecule has 0 fully saturated rings. The maximum Gasteiger partial charge on any atom is 0.316 e. The molecule has 1 amide bonds. The minimum absolute atomic E-state index is 0.0676. The first-order valence-electron chi connectivity index (χ1n) is 11.3. The molecule has 1 aliphatic heterocycles. The number of carbonyl (C=O) groups excluding carboxylic acids is 2. The molecule has 4 rings (SSSR count). The first-order chi connectivity index (χ1) is 16.9. The number of esters is 1. The first-order valence-corrected chi connectivity index (χ1v) is 12.3. The number of aromatic nitrogens is 2. The Hall–Kier alpha value is -3.53. The standard InChI is InChI=1S/C25H27N3O6S/c1-16(2)9-10-28-24(31)18-5-3-4-6-19(18)27-25(28)35-14-23(30)32-13-22(29)26-12-17-7-8-20-21(11-17)34-15-33-20/h3-8,11,16H,9-10,12-15H2,1-2H3,(H,26,29). The zero-order valence-corrected chi connectivity index (χ0v) is 20.4. The zero-order valence-electron chi connectivity index (χ0n) is 19.6. The van der Waals surface area contributed by atoms with E-state index in [1.807, 2.05) is 12.1 Å². The fourth-order valence-corrected chi connectivity index (χ4v) is 4.28. The van der Waals surface area contributed by atoms with Gasteiger partial charge >= 0.3 is 5.97 Å². The van der Waals surface area contributed by atoms with Gasteiger partial charge in [0.25, 0.3) is 11.5 Å². The van der Waals surface area contributed by atoms with E-state index < -0.39 is 18.5 Å². The molecular formula is C25H27N3O6S. The summed E-state index contributed by atoms with van der Waals surface area (Å²) in [5.41, 5.74) is 1.29. The van der Waals surface area contributed by atoms with E-state index in [9.17, 15) is 14.4 Å². The quantitative estimate of drug-likeness (QED) is 0.259. The topological polar surface area (TPSA) is 109 Å². The number of nitrogens with zero attached hydrogens (tertiary/aromatic N) is 2.